The molecular weight excluding hydrogens is 409 g/mol. The number of carbonyl (C=O) groups excluding carboxylic acids is 1. The molecule has 166 valence electrons. The molecule has 3 N–H and O–H groups in total. The Labute approximate surface area is 186 Å². The van der Waals surface area contributed by atoms with Crippen molar-refractivity contribution >= 4 is 17.5 Å². The zero-order valence-electron chi connectivity index (χ0n) is 17.9. The van der Waals surface area contributed by atoms with E-state index in [9.17, 15) is 4.79 Å². The van der Waals surface area contributed by atoms with Crippen molar-refractivity contribution in [1.82, 2.24) is 9.97 Å². The van der Waals surface area contributed by atoms with Crippen molar-refractivity contribution < 1.29 is 13.9 Å². The fourth-order valence-electron chi connectivity index (χ4n) is 4.06. The summed E-state index contributed by atoms with van der Waals surface area (Å²) in [5.74, 6) is 0.395. The van der Waals surface area contributed by atoms with Crippen molar-refractivity contribution in [3.05, 3.63) is 77.4 Å². The molecule has 1 unspecified atom stereocenters. The van der Waals surface area contributed by atoms with Gasteiger partial charge in [-0.1, -0.05) is 36.4 Å². The fraction of sp³-hybridized carbons (Fsp3) is 0.292. The van der Waals surface area contributed by atoms with Crippen LogP contribution in [0.1, 0.15) is 35.6 Å². The van der Waals surface area contributed by atoms with Gasteiger partial charge in [0.2, 0.25) is 11.7 Å². The van der Waals surface area contributed by atoms with Crippen LogP contribution >= 0.6 is 0 Å². The number of amides is 1. The largest absolute Gasteiger partial charge is 0.497 e. The molecule has 1 aromatic heterocycles. The predicted octanol–water partition coefficient (Wildman–Crippen LogP) is 3.61. The Morgan fingerprint density at radius 2 is 2.00 bits per heavy atom. The van der Waals surface area contributed by atoms with Gasteiger partial charge in [-0.15, -0.1) is 0 Å². The van der Waals surface area contributed by atoms with Crippen LogP contribution in [0.25, 0.3) is 0 Å². The summed E-state index contributed by atoms with van der Waals surface area (Å²) in [6.45, 7) is 1.11. The summed E-state index contributed by atoms with van der Waals surface area (Å²) < 4.78 is 20.7. The van der Waals surface area contributed by atoms with Crippen LogP contribution in [0.15, 0.2) is 54.9 Å². The van der Waals surface area contributed by atoms with E-state index in [1.807, 2.05) is 53.4 Å². The minimum Gasteiger partial charge on any atom is -0.497 e. The molecule has 1 amide bonds. The van der Waals surface area contributed by atoms with Gasteiger partial charge < -0.3 is 20.7 Å². The van der Waals surface area contributed by atoms with E-state index in [0.29, 0.717) is 12.4 Å². The monoisotopic (exact) mass is 435 g/mol. The molecule has 8 heteroatoms. The van der Waals surface area contributed by atoms with Crippen molar-refractivity contribution in [3.63, 3.8) is 0 Å². The molecule has 2 heterocycles. The first-order valence-corrected chi connectivity index (χ1v) is 10.6. The lowest BCUT2D eigenvalue weighted by atomic mass is 10.0. The standard InChI is InChI=1S/C24H26FN5O2/c1-32-19-5-2-4-18(13-19)20-6-3-11-30(20)24-22(25)23(28-15-29-24)27-14-17-9-7-16(8-10-17)12-21(26)31/h2,4-5,7-10,13,15,20H,3,6,11-12,14H2,1H3,(H2,26,31)(H,27,28,29). The number of carbonyl (C=O) groups is 1. The van der Waals surface area contributed by atoms with Crippen LogP contribution < -0.4 is 20.7 Å². The Kier molecular flexibility index (Phi) is 6.49. The first-order chi connectivity index (χ1) is 15.5. The number of primary amides is 1. The van der Waals surface area contributed by atoms with Crippen LogP contribution in [0.2, 0.25) is 0 Å². The molecule has 4 rings (SSSR count). The Morgan fingerprint density at radius 3 is 2.75 bits per heavy atom. The number of nitrogens with zero attached hydrogens (tertiary/aromatic N) is 3. The van der Waals surface area contributed by atoms with Gasteiger partial charge in [-0.2, -0.15) is 4.39 Å². The van der Waals surface area contributed by atoms with Crippen LogP contribution in [0.5, 0.6) is 5.75 Å². The van der Waals surface area contributed by atoms with E-state index in [-0.39, 0.29) is 24.2 Å². The van der Waals surface area contributed by atoms with Gasteiger partial charge >= 0.3 is 0 Å². The normalized spacial score (nSPS) is 15.6. The van der Waals surface area contributed by atoms with Crippen LogP contribution in [-0.4, -0.2) is 29.5 Å². The molecule has 32 heavy (non-hydrogen) atoms. The summed E-state index contributed by atoms with van der Waals surface area (Å²) in [6.07, 6.45) is 3.45. The zero-order valence-corrected chi connectivity index (χ0v) is 17.9. The number of benzene rings is 2. The van der Waals surface area contributed by atoms with Gasteiger partial charge in [0.25, 0.3) is 0 Å². The Balaban J connectivity index is 1.50. The van der Waals surface area contributed by atoms with Gasteiger partial charge in [-0.3, -0.25) is 4.79 Å². The molecule has 0 bridgehead atoms. The average Bonchev–Trinajstić information content (AvgIpc) is 3.29. The smallest absolute Gasteiger partial charge is 0.221 e. The summed E-state index contributed by atoms with van der Waals surface area (Å²) in [7, 11) is 1.64. The molecule has 1 aliphatic rings. The molecule has 0 spiro atoms. The molecule has 1 saturated heterocycles. The molecular formula is C24H26FN5O2. The molecule has 2 aromatic carbocycles. The van der Waals surface area contributed by atoms with Crippen molar-refractivity contribution in [2.75, 3.05) is 23.9 Å². The van der Waals surface area contributed by atoms with Crippen molar-refractivity contribution in [2.45, 2.75) is 31.8 Å². The number of halogens is 1. The van der Waals surface area contributed by atoms with E-state index < -0.39 is 5.82 Å². The van der Waals surface area contributed by atoms with E-state index in [0.717, 1.165) is 41.8 Å². The predicted molar refractivity (Wildman–Crippen MR) is 121 cm³/mol. The quantitative estimate of drug-likeness (QED) is 0.562. The van der Waals surface area contributed by atoms with E-state index in [1.54, 1.807) is 7.11 Å². The van der Waals surface area contributed by atoms with Gasteiger partial charge in [0.1, 0.15) is 12.1 Å². The zero-order chi connectivity index (χ0) is 22.5. The summed E-state index contributed by atoms with van der Waals surface area (Å²) >= 11 is 0. The first kappa shape index (κ1) is 21.5. The Hall–Kier alpha value is -3.68. The SMILES string of the molecule is COc1cccc(C2CCCN2c2ncnc(NCc3ccc(CC(N)=O)cc3)c2F)c1. The maximum Gasteiger partial charge on any atom is 0.221 e. The lowest BCUT2D eigenvalue weighted by Crippen LogP contribution is -2.25. The number of ether oxygens (including phenoxy) is 1. The average molecular weight is 436 g/mol. The third-order valence-corrected chi connectivity index (χ3v) is 5.64. The van der Waals surface area contributed by atoms with Gasteiger partial charge in [0.15, 0.2) is 11.6 Å². The molecule has 0 radical (unpaired) electrons. The Bertz CT molecular complexity index is 1090. The summed E-state index contributed by atoms with van der Waals surface area (Å²) in [5.41, 5.74) is 8.08. The van der Waals surface area contributed by atoms with Crippen molar-refractivity contribution in [2.24, 2.45) is 5.73 Å². The second kappa shape index (κ2) is 9.64. The second-order valence-corrected chi connectivity index (χ2v) is 7.80. The molecule has 0 aliphatic carbocycles. The number of anilines is 2. The molecule has 1 aliphatic heterocycles. The number of nitrogens with one attached hydrogen (secondary N) is 1. The van der Waals surface area contributed by atoms with E-state index in [1.165, 1.54) is 6.33 Å². The number of rotatable bonds is 8. The lowest BCUT2D eigenvalue weighted by Gasteiger charge is -2.27. The fourth-order valence-corrected chi connectivity index (χ4v) is 4.06. The second-order valence-electron chi connectivity index (χ2n) is 7.80. The van der Waals surface area contributed by atoms with Gasteiger partial charge in [-0.25, -0.2) is 9.97 Å². The summed E-state index contributed by atoms with van der Waals surface area (Å²) in [6, 6.07) is 15.3. The van der Waals surface area contributed by atoms with Crippen molar-refractivity contribution in [1.29, 1.82) is 0 Å². The first-order valence-electron chi connectivity index (χ1n) is 10.6. The molecule has 0 saturated carbocycles. The van der Waals surface area contributed by atoms with Crippen LogP contribution in [0, 0.1) is 5.82 Å². The van der Waals surface area contributed by atoms with Gasteiger partial charge in [-0.05, 0) is 41.7 Å². The third-order valence-electron chi connectivity index (χ3n) is 5.64. The summed E-state index contributed by atoms with van der Waals surface area (Å²) in [4.78, 5) is 21.4. The molecule has 1 atom stereocenters. The van der Waals surface area contributed by atoms with Crippen LogP contribution in [0.4, 0.5) is 16.0 Å². The molecule has 3 aromatic rings. The third kappa shape index (κ3) is 4.80. The maximum absolute atomic E-state index is 15.4. The highest BCUT2D eigenvalue weighted by atomic mass is 19.1. The summed E-state index contributed by atoms with van der Waals surface area (Å²) in [5, 5.41) is 3.06. The van der Waals surface area contributed by atoms with Gasteiger partial charge in [0, 0.05) is 13.1 Å². The number of nitrogens with two attached hydrogens (primary N) is 1. The van der Waals surface area contributed by atoms with Crippen molar-refractivity contribution in [3.8, 4) is 5.75 Å². The minimum absolute atomic E-state index is 0.0279. The number of methoxy groups -OCH3 is 1. The Morgan fingerprint density at radius 1 is 1.22 bits per heavy atom. The lowest BCUT2D eigenvalue weighted by molar-refractivity contribution is -0.117. The highest BCUT2D eigenvalue weighted by Crippen LogP contribution is 2.38. The van der Waals surface area contributed by atoms with E-state index >= 15 is 4.39 Å². The van der Waals surface area contributed by atoms with Gasteiger partial charge in [0.05, 0.1) is 19.6 Å². The molecule has 1 fully saturated rings. The molecule has 7 nitrogen and oxygen atoms in total. The highest BCUT2D eigenvalue weighted by molar-refractivity contribution is 5.76. The van der Waals surface area contributed by atoms with E-state index in [4.69, 9.17) is 10.5 Å². The number of hydrogen-bond donors (Lipinski definition) is 2. The van der Waals surface area contributed by atoms with Crippen LogP contribution in [0.3, 0.4) is 0 Å². The minimum atomic E-state index is -0.465. The highest BCUT2D eigenvalue weighted by Gasteiger charge is 2.30. The van der Waals surface area contributed by atoms with E-state index in [2.05, 4.69) is 15.3 Å². The maximum atomic E-state index is 15.4. The number of hydrogen-bond acceptors (Lipinski definition) is 6. The van der Waals surface area contributed by atoms with Crippen LogP contribution in [-0.2, 0) is 17.8 Å². The topological polar surface area (TPSA) is 93.4 Å². The number of aromatic nitrogens is 2.